The number of ether oxygens (including phenoxy) is 2. The number of methoxy groups -OCH3 is 1. The largest absolute Gasteiger partial charge is 0.574 e. The van der Waals surface area contributed by atoms with Crippen molar-refractivity contribution >= 4 is 0 Å². The van der Waals surface area contributed by atoms with Gasteiger partial charge in [-0.1, -0.05) is 0 Å². The zero-order valence-electron chi connectivity index (χ0n) is 9.41. The molecule has 1 aromatic heterocycles. The van der Waals surface area contributed by atoms with E-state index >= 15 is 0 Å². The van der Waals surface area contributed by atoms with Crippen molar-refractivity contribution in [3.63, 3.8) is 0 Å². The highest BCUT2D eigenvalue weighted by atomic mass is 19.4. The summed E-state index contributed by atoms with van der Waals surface area (Å²) in [4.78, 5) is 3.62. The monoisotopic (exact) mass is 261 g/mol. The Morgan fingerprint density at radius 3 is 2.61 bits per heavy atom. The van der Waals surface area contributed by atoms with Gasteiger partial charge in [-0.15, -0.1) is 13.2 Å². The lowest BCUT2D eigenvalue weighted by Crippen LogP contribution is -2.20. The summed E-state index contributed by atoms with van der Waals surface area (Å²) in [5, 5.41) is 8.56. The number of nitrogens with two attached hydrogens (primary N) is 1. The smallest absolute Gasteiger partial charge is 0.495 e. The minimum absolute atomic E-state index is 0.0471. The van der Waals surface area contributed by atoms with Crippen LogP contribution in [0.1, 0.15) is 11.3 Å². The number of hydrogen-bond acceptors (Lipinski definition) is 5. The van der Waals surface area contributed by atoms with E-state index in [-0.39, 0.29) is 30.0 Å². The first-order valence-electron chi connectivity index (χ1n) is 4.80. The maximum atomic E-state index is 12.2. The van der Waals surface area contributed by atoms with Crippen LogP contribution in [0.25, 0.3) is 0 Å². The second-order valence-electron chi connectivity index (χ2n) is 3.19. The van der Waals surface area contributed by atoms with Crippen molar-refractivity contribution in [3.05, 3.63) is 17.3 Å². The second kappa shape index (κ2) is 5.55. The number of rotatable bonds is 4. The quantitative estimate of drug-likeness (QED) is 0.888. The minimum Gasteiger partial charge on any atom is -0.495 e. The molecular formula is C10H10F3N3O2. The summed E-state index contributed by atoms with van der Waals surface area (Å²) in [6.07, 6.45) is -5.06. The molecule has 98 valence electrons. The molecule has 0 aliphatic heterocycles. The average Bonchev–Trinajstić information content (AvgIpc) is 2.28. The summed E-state index contributed by atoms with van der Waals surface area (Å²) < 4.78 is 45.1. The van der Waals surface area contributed by atoms with Crippen molar-refractivity contribution in [1.82, 2.24) is 4.98 Å². The zero-order valence-corrected chi connectivity index (χ0v) is 9.41. The minimum atomic E-state index is -4.87. The topological polar surface area (TPSA) is 81.2 Å². The molecule has 0 saturated carbocycles. The van der Waals surface area contributed by atoms with Gasteiger partial charge in [0.05, 0.1) is 19.6 Å². The lowest BCUT2D eigenvalue weighted by molar-refractivity contribution is -0.276. The molecule has 1 rings (SSSR count). The first kappa shape index (κ1) is 14.1. The van der Waals surface area contributed by atoms with Crippen LogP contribution in [0.3, 0.4) is 0 Å². The number of hydrogen-bond donors (Lipinski definition) is 1. The molecule has 0 bridgehead atoms. The Kier molecular flexibility index (Phi) is 4.33. The van der Waals surface area contributed by atoms with Gasteiger partial charge in [-0.25, -0.2) is 4.98 Å². The third kappa shape index (κ3) is 3.49. The van der Waals surface area contributed by atoms with Crippen LogP contribution in [0.2, 0.25) is 0 Å². The van der Waals surface area contributed by atoms with E-state index in [4.69, 9.17) is 15.7 Å². The predicted octanol–water partition coefficient (Wildman–Crippen LogP) is 1.51. The van der Waals surface area contributed by atoms with E-state index in [2.05, 4.69) is 9.72 Å². The van der Waals surface area contributed by atoms with E-state index in [0.717, 1.165) is 0 Å². The van der Waals surface area contributed by atoms with Gasteiger partial charge in [0, 0.05) is 12.1 Å². The zero-order chi connectivity index (χ0) is 13.8. The van der Waals surface area contributed by atoms with Crippen LogP contribution in [-0.2, 0) is 13.0 Å². The van der Waals surface area contributed by atoms with Crippen LogP contribution >= 0.6 is 0 Å². The molecule has 1 aromatic rings. The van der Waals surface area contributed by atoms with Gasteiger partial charge in [-0.05, 0) is 6.07 Å². The number of pyridine rings is 1. The molecule has 0 atom stereocenters. The molecule has 0 radical (unpaired) electrons. The molecule has 0 aliphatic rings. The molecule has 0 unspecified atom stereocenters. The van der Waals surface area contributed by atoms with Crippen molar-refractivity contribution in [1.29, 1.82) is 5.26 Å². The Balaban J connectivity index is 3.23. The van der Waals surface area contributed by atoms with E-state index in [1.165, 1.54) is 13.2 Å². The molecule has 0 spiro atoms. The standard InChI is InChI=1S/C10H10F3N3O2/c1-17-8-4-6(5-15)9(18-10(11,12)13)16-7(8)2-3-14/h4H,2,5,15H2,1H3. The third-order valence-corrected chi connectivity index (χ3v) is 2.00. The first-order chi connectivity index (χ1) is 8.41. The molecule has 0 amide bonds. The van der Waals surface area contributed by atoms with E-state index < -0.39 is 12.2 Å². The highest BCUT2D eigenvalue weighted by Gasteiger charge is 2.33. The number of nitrogens with zero attached hydrogens (tertiary/aromatic N) is 2. The van der Waals surface area contributed by atoms with Gasteiger partial charge >= 0.3 is 6.36 Å². The summed E-state index contributed by atoms with van der Waals surface area (Å²) in [6, 6.07) is 3.05. The molecule has 8 heteroatoms. The molecular weight excluding hydrogens is 251 g/mol. The van der Waals surface area contributed by atoms with Crippen LogP contribution < -0.4 is 15.2 Å². The molecule has 0 saturated heterocycles. The van der Waals surface area contributed by atoms with Crippen molar-refractivity contribution < 1.29 is 22.6 Å². The third-order valence-electron chi connectivity index (χ3n) is 2.00. The summed E-state index contributed by atoms with van der Waals surface area (Å²) in [5.74, 6) is -0.456. The van der Waals surface area contributed by atoms with Crippen LogP contribution in [0.15, 0.2) is 6.07 Å². The predicted molar refractivity (Wildman–Crippen MR) is 54.7 cm³/mol. The fourth-order valence-corrected chi connectivity index (χ4v) is 1.28. The maximum Gasteiger partial charge on any atom is 0.574 e. The van der Waals surface area contributed by atoms with E-state index in [1.54, 1.807) is 6.07 Å². The Morgan fingerprint density at radius 1 is 1.50 bits per heavy atom. The lowest BCUT2D eigenvalue weighted by Gasteiger charge is -2.14. The highest BCUT2D eigenvalue weighted by Crippen LogP contribution is 2.29. The van der Waals surface area contributed by atoms with Gasteiger partial charge in [0.1, 0.15) is 11.4 Å². The van der Waals surface area contributed by atoms with Gasteiger partial charge in [-0.3, -0.25) is 0 Å². The average molecular weight is 261 g/mol. The molecule has 5 nitrogen and oxygen atoms in total. The van der Waals surface area contributed by atoms with Crippen LogP contribution in [0.4, 0.5) is 13.2 Å². The van der Waals surface area contributed by atoms with Gasteiger partial charge in [0.2, 0.25) is 5.88 Å². The number of aromatic nitrogens is 1. The highest BCUT2D eigenvalue weighted by molar-refractivity contribution is 5.40. The molecule has 0 fully saturated rings. The van der Waals surface area contributed by atoms with Crippen LogP contribution in [-0.4, -0.2) is 18.5 Å². The van der Waals surface area contributed by atoms with Gasteiger partial charge in [0.25, 0.3) is 0 Å². The van der Waals surface area contributed by atoms with E-state index in [9.17, 15) is 13.2 Å². The lowest BCUT2D eigenvalue weighted by atomic mass is 10.2. The summed E-state index contributed by atoms with van der Waals surface area (Å²) in [5.41, 5.74) is 5.42. The van der Waals surface area contributed by atoms with Gasteiger partial charge in [-0.2, -0.15) is 5.26 Å². The first-order valence-corrected chi connectivity index (χ1v) is 4.80. The van der Waals surface area contributed by atoms with Crippen LogP contribution in [0.5, 0.6) is 11.6 Å². The molecule has 0 aliphatic carbocycles. The summed E-state index contributed by atoms with van der Waals surface area (Å²) in [7, 11) is 1.32. The van der Waals surface area contributed by atoms with Crippen molar-refractivity contribution in [3.8, 4) is 17.7 Å². The second-order valence-corrected chi connectivity index (χ2v) is 3.19. The molecule has 1 heterocycles. The molecule has 0 aromatic carbocycles. The van der Waals surface area contributed by atoms with E-state index in [1.807, 2.05) is 0 Å². The van der Waals surface area contributed by atoms with Crippen molar-refractivity contribution in [2.45, 2.75) is 19.3 Å². The van der Waals surface area contributed by atoms with Gasteiger partial charge < -0.3 is 15.2 Å². The number of nitriles is 1. The van der Waals surface area contributed by atoms with Crippen molar-refractivity contribution in [2.24, 2.45) is 5.73 Å². The maximum absolute atomic E-state index is 12.2. The summed E-state index contributed by atoms with van der Waals surface area (Å²) in [6.45, 7) is -0.193. The van der Waals surface area contributed by atoms with Crippen molar-refractivity contribution in [2.75, 3.05) is 7.11 Å². The number of halogens is 3. The van der Waals surface area contributed by atoms with E-state index in [0.29, 0.717) is 0 Å². The Morgan fingerprint density at radius 2 is 2.17 bits per heavy atom. The van der Waals surface area contributed by atoms with Crippen LogP contribution in [0, 0.1) is 11.3 Å². The SMILES string of the molecule is COc1cc(CN)c(OC(F)(F)F)nc1CC#N. The fourth-order valence-electron chi connectivity index (χ4n) is 1.28. The Hall–Kier alpha value is -2.01. The number of alkyl halides is 3. The Bertz CT molecular complexity index is 469. The summed E-state index contributed by atoms with van der Waals surface area (Å²) >= 11 is 0. The molecule has 18 heavy (non-hydrogen) atoms. The Labute approximate surface area is 101 Å². The normalized spacial score (nSPS) is 10.9. The van der Waals surface area contributed by atoms with Gasteiger partial charge in [0.15, 0.2) is 0 Å². The molecule has 2 N–H and O–H groups in total. The fraction of sp³-hybridized carbons (Fsp3) is 0.400.